The molecule has 3 rings (SSSR count). The molecule has 1 aliphatic carbocycles. The number of allylic oxidation sites excluding steroid dienone is 4. The average molecular weight is 339 g/mol. The molecule has 124 valence electrons. The average Bonchev–Trinajstić information content (AvgIpc) is 2.61. The van der Waals surface area contributed by atoms with Crippen molar-refractivity contribution in [3.63, 3.8) is 0 Å². The minimum Gasteiger partial charge on any atom is -0.274 e. The van der Waals surface area contributed by atoms with E-state index in [9.17, 15) is 8.42 Å². The molecule has 0 radical (unpaired) electrons. The topological polar surface area (TPSA) is 37.4 Å². The Bertz CT molecular complexity index is 897. The normalized spacial score (nSPS) is 17.0. The number of hydrogen-bond donors (Lipinski definition) is 0. The van der Waals surface area contributed by atoms with Gasteiger partial charge in [-0.05, 0) is 35.2 Å². The van der Waals surface area contributed by atoms with Crippen molar-refractivity contribution >= 4 is 15.7 Å². The summed E-state index contributed by atoms with van der Waals surface area (Å²) >= 11 is 0. The van der Waals surface area contributed by atoms with Crippen LogP contribution in [0.15, 0.2) is 72.8 Å². The fraction of sp³-hybridized carbons (Fsp3) is 0.200. The van der Waals surface area contributed by atoms with E-state index in [1.54, 1.807) is 7.05 Å². The first kappa shape index (κ1) is 16.5. The minimum atomic E-state index is -3.26. The van der Waals surface area contributed by atoms with Crippen molar-refractivity contribution in [2.75, 3.05) is 17.6 Å². The van der Waals surface area contributed by atoms with Gasteiger partial charge in [0, 0.05) is 13.0 Å². The van der Waals surface area contributed by atoms with Crippen LogP contribution in [-0.2, 0) is 10.0 Å². The molecule has 0 saturated carbocycles. The van der Waals surface area contributed by atoms with Gasteiger partial charge in [0.1, 0.15) is 0 Å². The lowest BCUT2D eigenvalue weighted by Crippen LogP contribution is -2.24. The van der Waals surface area contributed by atoms with Gasteiger partial charge in [0.2, 0.25) is 10.0 Å². The standard InChI is InChI=1S/C20H21NO2S/c1-21(24(2,22)23)20-13-7-12-19(15-20)18-11-6-10-17(14-18)16-8-4-3-5-9-16/h3-8,10-16H,9H2,1-2H3. The summed E-state index contributed by atoms with van der Waals surface area (Å²) in [6.07, 6.45) is 10.8. The van der Waals surface area contributed by atoms with Crippen molar-refractivity contribution < 1.29 is 8.42 Å². The molecular weight excluding hydrogens is 318 g/mol. The fourth-order valence-corrected chi connectivity index (χ4v) is 3.35. The van der Waals surface area contributed by atoms with E-state index in [0.717, 1.165) is 17.5 Å². The summed E-state index contributed by atoms with van der Waals surface area (Å²) in [5.41, 5.74) is 4.05. The van der Waals surface area contributed by atoms with E-state index >= 15 is 0 Å². The Labute approximate surface area is 144 Å². The van der Waals surface area contributed by atoms with E-state index in [1.165, 1.54) is 16.1 Å². The Morgan fingerprint density at radius 1 is 1.00 bits per heavy atom. The van der Waals surface area contributed by atoms with Crippen LogP contribution in [0.5, 0.6) is 0 Å². The largest absolute Gasteiger partial charge is 0.274 e. The van der Waals surface area contributed by atoms with E-state index in [1.807, 2.05) is 24.3 Å². The molecular formula is C20H21NO2S. The molecule has 0 aliphatic heterocycles. The predicted molar refractivity (Wildman–Crippen MR) is 101 cm³/mol. The number of anilines is 1. The lowest BCUT2D eigenvalue weighted by Gasteiger charge is -2.18. The molecule has 1 unspecified atom stereocenters. The zero-order chi connectivity index (χ0) is 17.2. The molecule has 4 heteroatoms. The monoisotopic (exact) mass is 339 g/mol. The van der Waals surface area contributed by atoms with Crippen LogP contribution in [0, 0.1) is 0 Å². The van der Waals surface area contributed by atoms with Gasteiger partial charge in [0.15, 0.2) is 0 Å². The second-order valence-electron chi connectivity index (χ2n) is 6.06. The summed E-state index contributed by atoms with van der Waals surface area (Å²) in [7, 11) is -1.69. The number of rotatable bonds is 4. The first-order valence-electron chi connectivity index (χ1n) is 7.93. The highest BCUT2D eigenvalue weighted by Gasteiger charge is 2.13. The fourth-order valence-electron chi connectivity index (χ4n) is 2.85. The van der Waals surface area contributed by atoms with Crippen molar-refractivity contribution in [1.82, 2.24) is 0 Å². The SMILES string of the molecule is CN(c1cccc(-c2cccc(C3C=CC=CC3)c2)c1)S(C)(=O)=O. The Balaban J connectivity index is 1.95. The highest BCUT2D eigenvalue weighted by molar-refractivity contribution is 7.92. The van der Waals surface area contributed by atoms with E-state index in [-0.39, 0.29) is 0 Å². The van der Waals surface area contributed by atoms with Crippen molar-refractivity contribution in [3.8, 4) is 11.1 Å². The van der Waals surface area contributed by atoms with Crippen LogP contribution in [0.25, 0.3) is 11.1 Å². The molecule has 0 fully saturated rings. The van der Waals surface area contributed by atoms with Crippen LogP contribution in [0.1, 0.15) is 17.9 Å². The van der Waals surface area contributed by atoms with Gasteiger partial charge in [0.25, 0.3) is 0 Å². The maximum Gasteiger partial charge on any atom is 0.231 e. The summed E-state index contributed by atoms with van der Waals surface area (Å²) < 4.78 is 24.8. The maximum atomic E-state index is 11.8. The third kappa shape index (κ3) is 3.60. The number of hydrogen-bond acceptors (Lipinski definition) is 2. The smallest absolute Gasteiger partial charge is 0.231 e. The summed E-state index contributed by atoms with van der Waals surface area (Å²) in [4.78, 5) is 0. The van der Waals surface area contributed by atoms with Gasteiger partial charge in [0.05, 0.1) is 11.9 Å². The molecule has 3 nitrogen and oxygen atoms in total. The molecule has 1 atom stereocenters. The van der Waals surface area contributed by atoms with E-state index in [2.05, 4.69) is 48.6 Å². The van der Waals surface area contributed by atoms with E-state index < -0.39 is 10.0 Å². The summed E-state index contributed by atoms with van der Waals surface area (Å²) in [6.45, 7) is 0. The molecule has 2 aromatic carbocycles. The summed E-state index contributed by atoms with van der Waals surface area (Å²) in [6, 6.07) is 16.1. The van der Waals surface area contributed by atoms with Crippen LogP contribution in [0.3, 0.4) is 0 Å². The third-order valence-corrected chi connectivity index (χ3v) is 5.54. The number of nitrogens with zero attached hydrogens (tertiary/aromatic N) is 1. The molecule has 0 aromatic heterocycles. The number of sulfonamides is 1. The van der Waals surface area contributed by atoms with E-state index in [4.69, 9.17) is 0 Å². The van der Waals surface area contributed by atoms with Gasteiger partial charge >= 0.3 is 0 Å². The van der Waals surface area contributed by atoms with Crippen molar-refractivity contribution in [2.24, 2.45) is 0 Å². The molecule has 24 heavy (non-hydrogen) atoms. The lowest BCUT2D eigenvalue weighted by atomic mass is 9.90. The second kappa shape index (κ2) is 6.65. The maximum absolute atomic E-state index is 11.8. The summed E-state index contributed by atoms with van der Waals surface area (Å²) in [5, 5.41) is 0. The third-order valence-electron chi connectivity index (χ3n) is 4.34. The van der Waals surface area contributed by atoms with Crippen LogP contribution in [0.2, 0.25) is 0 Å². The molecule has 2 aromatic rings. The molecule has 0 heterocycles. The van der Waals surface area contributed by atoms with Crippen LogP contribution >= 0.6 is 0 Å². The van der Waals surface area contributed by atoms with Crippen molar-refractivity contribution in [1.29, 1.82) is 0 Å². The lowest BCUT2D eigenvalue weighted by molar-refractivity contribution is 0.600. The molecule has 0 bridgehead atoms. The van der Waals surface area contributed by atoms with Gasteiger partial charge in [-0.2, -0.15) is 0 Å². The summed E-state index contributed by atoms with van der Waals surface area (Å²) in [5.74, 6) is 0.400. The molecule has 0 saturated heterocycles. The van der Waals surface area contributed by atoms with Crippen molar-refractivity contribution in [2.45, 2.75) is 12.3 Å². The highest BCUT2D eigenvalue weighted by Crippen LogP contribution is 2.30. The zero-order valence-corrected chi connectivity index (χ0v) is 14.7. The van der Waals surface area contributed by atoms with E-state index in [0.29, 0.717) is 11.6 Å². The van der Waals surface area contributed by atoms with Crippen LogP contribution in [-0.4, -0.2) is 21.7 Å². The van der Waals surface area contributed by atoms with Gasteiger partial charge in [-0.25, -0.2) is 8.42 Å². The molecule has 0 spiro atoms. The Hall–Kier alpha value is -2.33. The van der Waals surface area contributed by atoms with Gasteiger partial charge in [-0.3, -0.25) is 4.31 Å². The Morgan fingerprint density at radius 2 is 1.71 bits per heavy atom. The van der Waals surface area contributed by atoms with Crippen molar-refractivity contribution in [3.05, 3.63) is 78.4 Å². The Morgan fingerprint density at radius 3 is 2.38 bits per heavy atom. The minimum absolute atomic E-state index is 0.400. The second-order valence-corrected chi connectivity index (χ2v) is 8.08. The van der Waals surface area contributed by atoms with Crippen LogP contribution < -0.4 is 4.31 Å². The first-order valence-corrected chi connectivity index (χ1v) is 9.77. The molecule has 0 N–H and O–H groups in total. The molecule has 0 amide bonds. The van der Waals surface area contributed by atoms with Gasteiger partial charge < -0.3 is 0 Å². The number of benzene rings is 2. The first-order chi connectivity index (χ1) is 11.4. The highest BCUT2D eigenvalue weighted by atomic mass is 32.2. The van der Waals surface area contributed by atoms with Gasteiger partial charge in [-0.1, -0.05) is 60.7 Å². The molecule has 1 aliphatic rings. The predicted octanol–water partition coefficient (Wildman–Crippen LogP) is 4.35. The quantitative estimate of drug-likeness (QED) is 0.830. The Kier molecular flexibility index (Phi) is 4.58. The zero-order valence-electron chi connectivity index (χ0n) is 13.9. The van der Waals surface area contributed by atoms with Crippen LogP contribution in [0.4, 0.5) is 5.69 Å². The van der Waals surface area contributed by atoms with Gasteiger partial charge in [-0.15, -0.1) is 0 Å².